The molecule has 2 aromatic rings. The molecular formula is C16H18BrN. The largest absolute Gasteiger partial charge is 0.378 e. The van der Waals surface area contributed by atoms with E-state index < -0.39 is 0 Å². The second kappa shape index (κ2) is 6.05. The summed E-state index contributed by atoms with van der Waals surface area (Å²) in [6.45, 7) is 4.34. The van der Waals surface area contributed by atoms with Crippen LogP contribution < -0.4 is 5.32 Å². The van der Waals surface area contributed by atoms with Crippen molar-refractivity contribution in [2.75, 3.05) is 5.32 Å². The Labute approximate surface area is 117 Å². The summed E-state index contributed by atoms with van der Waals surface area (Å²) in [4.78, 5) is 0. The quantitative estimate of drug-likeness (QED) is 0.806. The summed E-state index contributed by atoms with van der Waals surface area (Å²) >= 11 is 3.47. The van der Waals surface area contributed by atoms with Gasteiger partial charge in [0.2, 0.25) is 0 Å². The molecule has 2 rings (SSSR count). The lowest BCUT2D eigenvalue weighted by molar-refractivity contribution is 0.748. The highest BCUT2D eigenvalue weighted by Crippen LogP contribution is 2.25. The number of rotatable bonds is 4. The molecule has 0 fully saturated rings. The van der Waals surface area contributed by atoms with Crippen LogP contribution in [0.4, 0.5) is 5.69 Å². The van der Waals surface area contributed by atoms with Crippen LogP contribution in [0.3, 0.4) is 0 Å². The van der Waals surface area contributed by atoms with Gasteiger partial charge in [-0.05, 0) is 42.7 Å². The van der Waals surface area contributed by atoms with Crippen molar-refractivity contribution in [1.29, 1.82) is 0 Å². The van der Waals surface area contributed by atoms with Crippen LogP contribution in [-0.2, 0) is 0 Å². The summed E-state index contributed by atoms with van der Waals surface area (Å²) in [7, 11) is 0. The molecule has 0 saturated heterocycles. The Bertz CT molecular complexity index is 505. The van der Waals surface area contributed by atoms with Gasteiger partial charge in [-0.15, -0.1) is 0 Å². The fourth-order valence-electron chi connectivity index (χ4n) is 2.04. The highest BCUT2D eigenvalue weighted by atomic mass is 79.9. The van der Waals surface area contributed by atoms with Gasteiger partial charge < -0.3 is 5.32 Å². The number of anilines is 1. The predicted molar refractivity (Wildman–Crippen MR) is 82.0 cm³/mol. The molecule has 0 amide bonds. The van der Waals surface area contributed by atoms with Crippen LogP contribution in [0, 0.1) is 6.92 Å². The Hall–Kier alpha value is -1.28. The lowest BCUT2D eigenvalue weighted by Gasteiger charge is -2.20. The number of hydrogen-bond acceptors (Lipinski definition) is 1. The zero-order valence-electron chi connectivity index (χ0n) is 10.8. The van der Waals surface area contributed by atoms with E-state index in [1.807, 2.05) is 0 Å². The molecule has 0 saturated carbocycles. The lowest BCUT2D eigenvalue weighted by Crippen LogP contribution is -2.10. The summed E-state index contributed by atoms with van der Waals surface area (Å²) in [5.74, 6) is 0. The summed E-state index contributed by atoms with van der Waals surface area (Å²) in [6.07, 6.45) is 1.07. The Morgan fingerprint density at radius 2 is 1.72 bits per heavy atom. The number of hydrogen-bond donors (Lipinski definition) is 1. The molecule has 18 heavy (non-hydrogen) atoms. The second-order valence-corrected chi connectivity index (χ2v) is 5.39. The van der Waals surface area contributed by atoms with Crippen LogP contribution >= 0.6 is 15.9 Å². The van der Waals surface area contributed by atoms with Crippen molar-refractivity contribution < 1.29 is 0 Å². The van der Waals surface area contributed by atoms with E-state index in [9.17, 15) is 0 Å². The molecule has 1 N–H and O–H groups in total. The van der Waals surface area contributed by atoms with Crippen LogP contribution in [-0.4, -0.2) is 0 Å². The molecule has 1 atom stereocenters. The molecule has 2 aromatic carbocycles. The fraction of sp³-hybridized carbons (Fsp3) is 0.250. The van der Waals surface area contributed by atoms with Crippen LogP contribution in [0.5, 0.6) is 0 Å². The van der Waals surface area contributed by atoms with Crippen molar-refractivity contribution in [3.05, 3.63) is 64.1 Å². The van der Waals surface area contributed by atoms with Crippen LogP contribution in [0.1, 0.15) is 30.5 Å². The smallest absolute Gasteiger partial charge is 0.0511 e. The van der Waals surface area contributed by atoms with Crippen molar-refractivity contribution in [3.8, 4) is 0 Å². The van der Waals surface area contributed by atoms with E-state index in [1.165, 1.54) is 16.8 Å². The van der Waals surface area contributed by atoms with Gasteiger partial charge in [0.15, 0.2) is 0 Å². The minimum absolute atomic E-state index is 0.360. The molecule has 0 aliphatic heterocycles. The number of aryl methyl sites for hydroxylation is 1. The maximum Gasteiger partial charge on any atom is 0.0511 e. The summed E-state index contributed by atoms with van der Waals surface area (Å²) in [5, 5.41) is 3.62. The molecule has 2 heteroatoms. The van der Waals surface area contributed by atoms with Gasteiger partial charge in [0.25, 0.3) is 0 Å². The Balaban J connectivity index is 2.20. The molecule has 0 radical (unpaired) electrons. The Morgan fingerprint density at radius 3 is 2.33 bits per heavy atom. The topological polar surface area (TPSA) is 12.0 Å². The van der Waals surface area contributed by atoms with E-state index in [0.717, 1.165) is 10.9 Å². The third kappa shape index (κ3) is 3.14. The van der Waals surface area contributed by atoms with Crippen LogP contribution in [0.15, 0.2) is 53.0 Å². The average molecular weight is 304 g/mol. The molecule has 1 nitrogen and oxygen atoms in total. The molecular weight excluding hydrogens is 286 g/mol. The van der Waals surface area contributed by atoms with E-state index in [1.54, 1.807) is 0 Å². The van der Waals surface area contributed by atoms with Crippen molar-refractivity contribution in [2.45, 2.75) is 26.3 Å². The first-order chi connectivity index (χ1) is 8.70. The fourth-order valence-corrected chi connectivity index (χ4v) is 2.30. The number of benzene rings is 2. The molecule has 1 unspecified atom stereocenters. The van der Waals surface area contributed by atoms with Gasteiger partial charge in [-0.2, -0.15) is 0 Å². The normalized spacial score (nSPS) is 12.2. The maximum atomic E-state index is 3.62. The van der Waals surface area contributed by atoms with E-state index in [2.05, 4.69) is 83.6 Å². The molecule has 0 spiro atoms. The molecule has 0 heterocycles. The zero-order chi connectivity index (χ0) is 13.0. The third-order valence-electron chi connectivity index (χ3n) is 3.16. The van der Waals surface area contributed by atoms with Gasteiger partial charge in [-0.3, -0.25) is 0 Å². The predicted octanol–water partition coefficient (Wildman–Crippen LogP) is 5.32. The van der Waals surface area contributed by atoms with Gasteiger partial charge in [-0.1, -0.05) is 53.2 Å². The summed E-state index contributed by atoms with van der Waals surface area (Å²) in [5.41, 5.74) is 3.82. The monoisotopic (exact) mass is 303 g/mol. The Morgan fingerprint density at radius 1 is 1.06 bits per heavy atom. The standard InChI is InChI=1S/C16H18BrN/c1-3-15(13-8-10-14(17)11-9-13)18-16-7-5-4-6-12(16)2/h4-11,15,18H,3H2,1-2H3. The van der Waals surface area contributed by atoms with E-state index in [-0.39, 0.29) is 0 Å². The Kier molecular flexibility index (Phi) is 4.43. The van der Waals surface area contributed by atoms with Gasteiger partial charge in [0.1, 0.15) is 0 Å². The first-order valence-corrected chi connectivity index (χ1v) is 7.07. The number of halogens is 1. The third-order valence-corrected chi connectivity index (χ3v) is 3.68. The molecule has 94 valence electrons. The van der Waals surface area contributed by atoms with Crippen molar-refractivity contribution in [3.63, 3.8) is 0 Å². The summed E-state index contributed by atoms with van der Waals surface area (Å²) in [6, 6.07) is 17.3. The molecule has 0 bridgehead atoms. The minimum atomic E-state index is 0.360. The minimum Gasteiger partial charge on any atom is -0.378 e. The highest BCUT2D eigenvalue weighted by molar-refractivity contribution is 9.10. The number of para-hydroxylation sites is 1. The molecule has 0 aliphatic rings. The maximum absolute atomic E-state index is 3.62. The van der Waals surface area contributed by atoms with Gasteiger partial charge in [-0.25, -0.2) is 0 Å². The van der Waals surface area contributed by atoms with Gasteiger partial charge >= 0.3 is 0 Å². The molecule has 0 aromatic heterocycles. The average Bonchev–Trinajstić information content (AvgIpc) is 2.39. The molecule has 0 aliphatic carbocycles. The zero-order valence-corrected chi connectivity index (χ0v) is 12.4. The first kappa shape index (κ1) is 13.2. The van der Waals surface area contributed by atoms with Crippen molar-refractivity contribution in [1.82, 2.24) is 0 Å². The van der Waals surface area contributed by atoms with E-state index >= 15 is 0 Å². The van der Waals surface area contributed by atoms with Crippen molar-refractivity contribution in [2.24, 2.45) is 0 Å². The second-order valence-electron chi connectivity index (χ2n) is 4.47. The highest BCUT2D eigenvalue weighted by Gasteiger charge is 2.09. The van der Waals surface area contributed by atoms with Gasteiger partial charge in [0.05, 0.1) is 6.04 Å². The van der Waals surface area contributed by atoms with Gasteiger partial charge in [0, 0.05) is 10.2 Å². The summed E-state index contributed by atoms with van der Waals surface area (Å²) < 4.78 is 1.12. The van der Waals surface area contributed by atoms with E-state index in [4.69, 9.17) is 0 Å². The van der Waals surface area contributed by atoms with Crippen molar-refractivity contribution >= 4 is 21.6 Å². The van der Waals surface area contributed by atoms with Crippen LogP contribution in [0.2, 0.25) is 0 Å². The lowest BCUT2D eigenvalue weighted by atomic mass is 10.0. The number of nitrogens with one attached hydrogen (secondary N) is 1. The van der Waals surface area contributed by atoms with Crippen LogP contribution in [0.25, 0.3) is 0 Å². The first-order valence-electron chi connectivity index (χ1n) is 6.28. The SMILES string of the molecule is CCC(Nc1ccccc1C)c1ccc(Br)cc1. The van der Waals surface area contributed by atoms with E-state index in [0.29, 0.717) is 6.04 Å².